The molecule has 3 aliphatic rings. The van der Waals surface area contributed by atoms with Gasteiger partial charge < -0.3 is 85.6 Å². The van der Waals surface area contributed by atoms with Gasteiger partial charge in [0.25, 0.3) is 5.69 Å². The summed E-state index contributed by atoms with van der Waals surface area (Å²) in [4.78, 5) is 55.5. The Labute approximate surface area is 758 Å². The van der Waals surface area contributed by atoms with Crippen LogP contribution in [0.4, 0.5) is 17.1 Å². The smallest absolute Gasteiger partial charge is 0.269 e. The van der Waals surface area contributed by atoms with E-state index in [1.165, 1.54) is 17.7 Å². The van der Waals surface area contributed by atoms with Crippen LogP contribution in [0.3, 0.4) is 0 Å². The van der Waals surface area contributed by atoms with Crippen molar-refractivity contribution in [2.45, 2.75) is 59.0 Å². The van der Waals surface area contributed by atoms with Gasteiger partial charge in [0, 0.05) is 105 Å². The molecule has 22 rings (SSSR count). The first-order valence-corrected chi connectivity index (χ1v) is 43.4. The van der Waals surface area contributed by atoms with Crippen molar-refractivity contribution >= 4 is 78.7 Å². The van der Waals surface area contributed by atoms with Gasteiger partial charge in [0.05, 0.1) is 88.1 Å². The molecule has 0 saturated heterocycles. The van der Waals surface area contributed by atoms with Crippen molar-refractivity contribution in [3.63, 3.8) is 0 Å². The van der Waals surface area contributed by atoms with E-state index in [1.54, 1.807) is 19.2 Å². The van der Waals surface area contributed by atoms with Crippen molar-refractivity contribution in [3.8, 4) is 120 Å². The van der Waals surface area contributed by atoms with E-state index in [4.69, 9.17) is 49.8 Å². The number of hydrogen-bond donors (Lipinski definition) is 13. The Morgan fingerprint density at radius 2 is 0.621 bits per heavy atom. The second-order valence-electron chi connectivity index (χ2n) is 32.5. The van der Waals surface area contributed by atoms with Crippen molar-refractivity contribution in [1.82, 2.24) is 66.5 Å². The third kappa shape index (κ3) is 20.1. The zero-order chi connectivity index (χ0) is 90.9. The van der Waals surface area contributed by atoms with Crippen LogP contribution in [-0.4, -0.2) is 121 Å². The van der Waals surface area contributed by atoms with E-state index in [1.807, 2.05) is 200 Å². The Morgan fingerprint density at radius 3 is 0.939 bits per heavy atom. The Balaban J connectivity index is 0.000000111. The third-order valence-corrected chi connectivity index (χ3v) is 22.2. The predicted octanol–water partition coefficient (Wildman–Crippen LogP) is 19.9. The average Bonchev–Trinajstić information content (AvgIpc) is 1.65. The number of imidazole rings is 4. The predicted molar refractivity (Wildman–Crippen MR) is 522 cm³/mol. The monoisotopic (exact) mass is 1760 g/mol. The van der Waals surface area contributed by atoms with Crippen LogP contribution in [0, 0.1) is 17.0 Å². The molecule has 3 aliphatic heterocycles. The fourth-order valence-corrected chi connectivity index (χ4v) is 15.3. The van der Waals surface area contributed by atoms with Gasteiger partial charge in [0.1, 0.15) is 57.8 Å². The minimum Gasteiger partial charge on any atom is -0.497 e. The van der Waals surface area contributed by atoms with Crippen LogP contribution in [-0.2, 0) is 0 Å². The molecule has 19 aromatic rings. The van der Waals surface area contributed by atoms with E-state index in [-0.39, 0.29) is 18.0 Å². The number of nitrogens with two attached hydrogens (primary N) is 4. The maximum atomic E-state index is 10.8. The van der Waals surface area contributed by atoms with Crippen LogP contribution in [0.2, 0.25) is 0 Å². The number of anilines is 2. The first kappa shape index (κ1) is 86.3. The molecule has 132 heavy (non-hydrogen) atoms. The summed E-state index contributed by atoms with van der Waals surface area (Å²) in [5.41, 5.74) is 44.9. The highest BCUT2D eigenvalue weighted by Gasteiger charge is 2.22. The number of aromatic nitrogens is 8. The van der Waals surface area contributed by atoms with Crippen molar-refractivity contribution in [2.75, 3.05) is 57.8 Å². The first-order valence-electron chi connectivity index (χ1n) is 43.4. The zero-order valence-electron chi connectivity index (χ0n) is 73.3. The van der Waals surface area contributed by atoms with Gasteiger partial charge in [0.2, 0.25) is 0 Å². The van der Waals surface area contributed by atoms with E-state index in [0.29, 0.717) is 64.2 Å². The van der Waals surface area contributed by atoms with Crippen LogP contribution in [0.15, 0.2) is 316 Å². The van der Waals surface area contributed by atoms with Gasteiger partial charge in [-0.25, -0.2) is 19.9 Å². The van der Waals surface area contributed by atoms with Crippen LogP contribution in [0.25, 0.3) is 158 Å². The zero-order valence-corrected chi connectivity index (χ0v) is 73.3. The summed E-state index contributed by atoms with van der Waals surface area (Å²) in [6.45, 7) is 15.5. The molecule has 0 saturated carbocycles. The number of rotatable bonds is 21. The molecule has 0 fully saturated rings. The molecule has 2 atom stereocenters. The number of ether oxygens (including phenoxy) is 1. The van der Waals surface area contributed by atoms with Crippen LogP contribution < -0.4 is 54.3 Å². The van der Waals surface area contributed by atoms with Gasteiger partial charge in [-0.3, -0.25) is 35.7 Å². The second-order valence-corrected chi connectivity index (χ2v) is 32.5. The molecule has 9 aromatic heterocycles. The summed E-state index contributed by atoms with van der Waals surface area (Å²) >= 11 is 0. The molecule has 0 amide bonds. The Hall–Kier alpha value is -16.5. The molecule has 0 spiro atoms. The van der Waals surface area contributed by atoms with E-state index in [0.717, 1.165) is 208 Å². The number of aliphatic imine (C=N–C) groups is 3. The number of H-pyrrole nitrogens is 4. The van der Waals surface area contributed by atoms with E-state index in [2.05, 4.69) is 171 Å². The molecule has 29 nitrogen and oxygen atoms in total. The number of amidine groups is 3. The van der Waals surface area contributed by atoms with Crippen molar-refractivity contribution in [2.24, 2.45) is 26.4 Å². The first-order chi connectivity index (χ1) is 64.2. The molecule has 0 radical (unpaired) electrons. The van der Waals surface area contributed by atoms with Crippen LogP contribution in [0.5, 0.6) is 5.75 Å². The van der Waals surface area contributed by atoms with Gasteiger partial charge in [0.15, 0.2) is 46.3 Å². The average molecular weight is 1760 g/mol. The SMILES string of the molecule is CC(C)NC(N)c1ccc2nc(-c3ccc(-c4ccc(N)cc4)o3)[nH]c2c1.COc1ccc(-c2ccc(-c3ccc(C4=NCCN4)cc3)o2)cc1.Cc1ccc(-c2ccc(-c3nc4ccc(C(N)NC(C)C)cc4[nH]3)o2)cc1.Nc1ccc(-c2ccc(-c3nc4ccc(C5=NCCN5)cc4[nH]3)o2)cc1.O=[N+]([O-])c1ccc(-c2ccc(-c3nc4ccc(C5=NCCN5)cc4[nH]3)o2)cc1. The Morgan fingerprint density at radius 1 is 0.348 bits per heavy atom. The number of nitro benzene ring substituents is 1. The van der Waals surface area contributed by atoms with Gasteiger partial charge in [-0.05, 0) is 252 Å². The molecular formula is C103H97N21O8. The van der Waals surface area contributed by atoms with E-state index < -0.39 is 4.92 Å². The lowest BCUT2D eigenvalue weighted by molar-refractivity contribution is -0.384. The minimum atomic E-state index is -0.424. The van der Waals surface area contributed by atoms with Crippen molar-refractivity contribution < 1.29 is 31.7 Å². The number of nitrogens with zero attached hydrogens (tertiary/aromatic N) is 8. The lowest BCUT2D eigenvalue weighted by atomic mass is 10.1. The highest BCUT2D eigenvalue weighted by molar-refractivity contribution is 6.03. The maximum absolute atomic E-state index is 10.8. The number of nitrogen functional groups attached to an aromatic ring is 2. The summed E-state index contributed by atoms with van der Waals surface area (Å²) in [5.74, 6) is 13.8. The molecule has 12 heterocycles. The molecule has 0 aliphatic carbocycles. The number of benzene rings is 10. The number of nitrogens with one attached hydrogen (secondary N) is 9. The summed E-state index contributed by atoms with van der Waals surface area (Å²) in [6.07, 6.45) is -0.431. The van der Waals surface area contributed by atoms with Gasteiger partial charge in [-0.1, -0.05) is 66.2 Å². The normalized spacial score (nSPS) is 13.2. The maximum Gasteiger partial charge on any atom is 0.269 e. The highest BCUT2D eigenvalue weighted by atomic mass is 16.6. The minimum absolute atomic E-state index is 0.0463. The number of non-ortho nitro benzene ring substituents is 1. The molecule has 662 valence electrons. The number of aryl methyl sites for hydroxylation is 1. The van der Waals surface area contributed by atoms with E-state index >= 15 is 0 Å². The summed E-state index contributed by atoms with van der Waals surface area (Å²) < 4.78 is 35.1. The Bertz CT molecular complexity index is 7170. The second kappa shape index (κ2) is 38.6. The fourth-order valence-electron chi connectivity index (χ4n) is 15.3. The molecule has 29 heteroatoms. The number of furan rings is 5. The number of fused-ring (bicyclic) bond motifs is 4. The largest absolute Gasteiger partial charge is 0.497 e. The van der Waals surface area contributed by atoms with Gasteiger partial charge in [-0.15, -0.1) is 0 Å². The molecule has 17 N–H and O–H groups in total. The quantitative estimate of drug-likeness (QED) is 0.0137. The van der Waals surface area contributed by atoms with Crippen molar-refractivity contribution in [3.05, 3.63) is 323 Å². The number of nitro groups is 1. The topological polar surface area (TPSA) is 434 Å². The van der Waals surface area contributed by atoms with E-state index in [9.17, 15) is 10.1 Å². The number of aromatic amines is 4. The number of methoxy groups -OCH3 is 1. The lowest BCUT2D eigenvalue weighted by Gasteiger charge is -2.16. The molecular weight excluding hydrogens is 1660 g/mol. The molecule has 2 unspecified atom stereocenters. The summed E-state index contributed by atoms with van der Waals surface area (Å²) in [7, 11) is 1.66. The molecule has 10 aromatic carbocycles. The number of hydrogen-bond acceptors (Lipinski definition) is 24. The van der Waals surface area contributed by atoms with Crippen LogP contribution >= 0.6 is 0 Å². The summed E-state index contributed by atoms with van der Waals surface area (Å²) in [6, 6.07) is 89.8. The fraction of sp³-hybridized carbons (Fsp3) is 0.155. The Kier molecular flexibility index (Phi) is 25.2. The standard InChI is InChI=1S/C22H24N4O.C21H23N5O.C20H15N5O3.C20H17N5O.C20H18N2O2/c1-13(2)24-21(23)16-8-9-17-18(12-16)26-22(25-17)20-11-10-19(27-20)15-6-4-14(3)5-7-15;1-12(2)24-20(23)14-5-8-16-17(11-14)26-21(25-16)19-10-9-18(27-19)13-3-6-15(22)7-4-13;26-25(27)14-4-1-12(2-5-14)17-7-8-18(28-17)20-23-15-6-3-13(11-16(15)24-20)19-21-9-10-22-19;21-14-4-1-12(2-5-14)17-7-8-18(26-17)20-24-15-6-3-13(11-16(15)25-20)19-22-9-10-23-19;1-23-17-8-6-15(7-9-17)19-11-10-18(24-19)14-2-4-16(5-3-14)20-21-12-13-22-20/h4-13,21,24H,23H2,1-3H3,(H,25,26);3-12,20,24H,22-23H2,1-2H3,(H,25,26);1-8,11H,9-10H2,(H,21,22)(H,23,24);1-8,11H,9-10,21H2,(H,22,23)(H,24,25);2-11H,12-13H2,1H3,(H,21,22). The van der Waals surface area contributed by atoms with Crippen molar-refractivity contribution in [1.29, 1.82) is 0 Å². The highest BCUT2D eigenvalue weighted by Crippen LogP contribution is 2.37. The molecule has 0 bridgehead atoms. The third-order valence-electron chi connectivity index (χ3n) is 22.2. The lowest BCUT2D eigenvalue weighted by Crippen LogP contribution is -2.33. The van der Waals surface area contributed by atoms with Gasteiger partial charge in [-0.2, -0.15) is 0 Å². The van der Waals surface area contributed by atoms with Crippen LogP contribution in [0.1, 0.15) is 73.4 Å². The van der Waals surface area contributed by atoms with Gasteiger partial charge >= 0.3 is 0 Å². The summed E-state index contributed by atoms with van der Waals surface area (Å²) in [5, 5.41) is 27.2.